The molecular weight excluding hydrogens is 299 g/mol. The zero-order chi connectivity index (χ0) is 13.7. The molecule has 3 N–H and O–H groups in total. The second-order valence-corrected chi connectivity index (χ2v) is 5.26. The van der Waals surface area contributed by atoms with Crippen LogP contribution < -0.4 is 11.1 Å². The predicted molar refractivity (Wildman–Crippen MR) is 82.1 cm³/mol. The molecule has 112 valence electrons. The number of benzene rings is 1. The van der Waals surface area contributed by atoms with Crippen LogP contribution in [0.1, 0.15) is 18.4 Å². The minimum atomic E-state index is -0.448. The van der Waals surface area contributed by atoms with Crippen molar-refractivity contribution in [1.29, 1.82) is 0 Å². The molecule has 2 rings (SSSR count). The minimum absolute atomic E-state index is 0. The number of hydrogen-bond acceptors (Lipinski definition) is 3. The van der Waals surface area contributed by atoms with Crippen molar-refractivity contribution in [1.82, 2.24) is 5.32 Å². The van der Waals surface area contributed by atoms with E-state index in [2.05, 4.69) is 5.32 Å². The number of carbonyl (C=O) groups excluding carboxylic acids is 1. The third-order valence-corrected chi connectivity index (χ3v) is 3.71. The Morgan fingerprint density at radius 2 is 1.95 bits per heavy atom. The molecule has 0 aromatic heterocycles. The Morgan fingerprint density at radius 3 is 2.55 bits per heavy atom. The summed E-state index contributed by atoms with van der Waals surface area (Å²) in [6.07, 6.45) is 1.71. The van der Waals surface area contributed by atoms with Gasteiger partial charge in [-0.15, -0.1) is 12.4 Å². The number of halogens is 2. The van der Waals surface area contributed by atoms with Crippen LogP contribution in [0, 0.1) is 5.92 Å². The number of nitrogens with one attached hydrogen (secondary N) is 1. The van der Waals surface area contributed by atoms with E-state index in [1.807, 2.05) is 12.1 Å². The van der Waals surface area contributed by atoms with E-state index in [9.17, 15) is 4.79 Å². The van der Waals surface area contributed by atoms with E-state index in [4.69, 9.17) is 22.1 Å². The normalized spacial score (nSPS) is 17.1. The van der Waals surface area contributed by atoms with Gasteiger partial charge in [-0.3, -0.25) is 4.79 Å². The van der Waals surface area contributed by atoms with Crippen LogP contribution in [0.15, 0.2) is 24.3 Å². The number of ether oxygens (including phenoxy) is 1. The molecule has 20 heavy (non-hydrogen) atoms. The summed E-state index contributed by atoms with van der Waals surface area (Å²) in [5.41, 5.74) is 7.00. The van der Waals surface area contributed by atoms with Crippen molar-refractivity contribution >= 4 is 29.9 Å². The molecule has 1 aliphatic heterocycles. The summed E-state index contributed by atoms with van der Waals surface area (Å²) in [4.78, 5) is 12.0. The molecule has 1 fully saturated rings. The molecule has 1 saturated heterocycles. The lowest BCUT2D eigenvalue weighted by Gasteiger charge is -2.26. The van der Waals surface area contributed by atoms with Gasteiger partial charge in [0, 0.05) is 24.8 Å². The predicted octanol–water partition coefficient (Wildman–Crippen LogP) is 2.13. The van der Waals surface area contributed by atoms with E-state index in [0.29, 0.717) is 24.8 Å². The number of nitrogens with two attached hydrogens (primary N) is 1. The molecule has 1 heterocycles. The number of amides is 1. The van der Waals surface area contributed by atoms with Crippen LogP contribution in [-0.4, -0.2) is 25.2 Å². The zero-order valence-corrected chi connectivity index (χ0v) is 12.8. The van der Waals surface area contributed by atoms with Crippen molar-refractivity contribution in [3.8, 4) is 0 Å². The summed E-state index contributed by atoms with van der Waals surface area (Å²) in [7, 11) is 0. The average Bonchev–Trinajstić information content (AvgIpc) is 2.46. The Kier molecular flexibility index (Phi) is 7.30. The molecule has 1 atom stereocenters. The molecule has 0 saturated carbocycles. The summed E-state index contributed by atoms with van der Waals surface area (Å²) in [5.74, 6) is 0.126. The maximum atomic E-state index is 12.0. The first-order valence-corrected chi connectivity index (χ1v) is 6.90. The lowest BCUT2D eigenvalue weighted by Crippen LogP contribution is -2.46. The van der Waals surface area contributed by atoms with E-state index in [-0.39, 0.29) is 24.2 Å². The maximum Gasteiger partial charge on any atom is 0.237 e. The van der Waals surface area contributed by atoms with Crippen molar-refractivity contribution in [3.05, 3.63) is 34.9 Å². The summed E-state index contributed by atoms with van der Waals surface area (Å²) in [5, 5.41) is 3.56. The van der Waals surface area contributed by atoms with Gasteiger partial charge in [-0.05, 0) is 36.5 Å². The molecule has 0 spiro atoms. The molecule has 1 aromatic carbocycles. The van der Waals surface area contributed by atoms with E-state index >= 15 is 0 Å². The highest BCUT2D eigenvalue weighted by molar-refractivity contribution is 6.30. The zero-order valence-electron chi connectivity index (χ0n) is 11.2. The number of rotatable bonds is 4. The van der Waals surface area contributed by atoms with Gasteiger partial charge in [0.25, 0.3) is 0 Å². The fraction of sp³-hybridized carbons (Fsp3) is 0.500. The highest BCUT2D eigenvalue weighted by atomic mass is 35.5. The lowest BCUT2D eigenvalue weighted by molar-refractivity contribution is -0.124. The minimum Gasteiger partial charge on any atom is -0.381 e. The van der Waals surface area contributed by atoms with Crippen LogP contribution in [-0.2, 0) is 16.1 Å². The Labute approximate surface area is 130 Å². The van der Waals surface area contributed by atoms with Gasteiger partial charge in [0.2, 0.25) is 5.91 Å². The third-order valence-electron chi connectivity index (χ3n) is 3.46. The average molecular weight is 319 g/mol. The van der Waals surface area contributed by atoms with Crippen molar-refractivity contribution in [2.45, 2.75) is 25.4 Å². The first-order chi connectivity index (χ1) is 9.16. The molecule has 0 aliphatic carbocycles. The van der Waals surface area contributed by atoms with E-state index in [0.717, 1.165) is 18.4 Å². The fourth-order valence-electron chi connectivity index (χ4n) is 2.20. The van der Waals surface area contributed by atoms with E-state index in [1.54, 1.807) is 12.1 Å². The topological polar surface area (TPSA) is 64.4 Å². The Balaban J connectivity index is 0.00000200. The van der Waals surface area contributed by atoms with Crippen LogP contribution in [0.3, 0.4) is 0 Å². The second-order valence-electron chi connectivity index (χ2n) is 4.82. The SMILES string of the molecule is Cl.NC(C(=O)NCc1ccc(Cl)cc1)C1CCOCC1. The third kappa shape index (κ3) is 4.94. The largest absolute Gasteiger partial charge is 0.381 e. The molecule has 1 amide bonds. The number of carbonyl (C=O) groups is 1. The van der Waals surface area contributed by atoms with Crippen molar-refractivity contribution in [2.24, 2.45) is 11.7 Å². The van der Waals surface area contributed by atoms with E-state index in [1.165, 1.54) is 0 Å². The van der Waals surface area contributed by atoms with Crippen molar-refractivity contribution < 1.29 is 9.53 Å². The van der Waals surface area contributed by atoms with Gasteiger partial charge in [0.15, 0.2) is 0 Å². The van der Waals surface area contributed by atoms with Crippen LogP contribution in [0.2, 0.25) is 5.02 Å². The second kappa shape index (κ2) is 8.47. The molecule has 1 aromatic rings. The van der Waals surface area contributed by atoms with Crippen molar-refractivity contribution in [2.75, 3.05) is 13.2 Å². The molecule has 1 unspecified atom stereocenters. The quantitative estimate of drug-likeness (QED) is 0.893. The molecule has 4 nitrogen and oxygen atoms in total. The fourth-order valence-corrected chi connectivity index (χ4v) is 2.32. The van der Waals surface area contributed by atoms with Crippen LogP contribution in [0.25, 0.3) is 0 Å². The van der Waals surface area contributed by atoms with Crippen LogP contribution in [0.4, 0.5) is 0 Å². The molecular formula is C14H20Cl2N2O2. The van der Waals surface area contributed by atoms with Gasteiger partial charge in [-0.1, -0.05) is 23.7 Å². The van der Waals surface area contributed by atoms with Gasteiger partial charge in [-0.2, -0.15) is 0 Å². The van der Waals surface area contributed by atoms with Gasteiger partial charge < -0.3 is 15.8 Å². The monoisotopic (exact) mass is 318 g/mol. The van der Waals surface area contributed by atoms with Crippen LogP contribution in [0.5, 0.6) is 0 Å². The Hall–Kier alpha value is -0.810. The molecule has 0 radical (unpaired) electrons. The van der Waals surface area contributed by atoms with Gasteiger partial charge >= 0.3 is 0 Å². The van der Waals surface area contributed by atoms with Gasteiger partial charge in [0.05, 0.1) is 6.04 Å². The summed E-state index contributed by atoms with van der Waals surface area (Å²) in [6.45, 7) is 1.87. The van der Waals surface area contributed by atoms with Gasteiger partial charge in [0.1, 0.15) is 0 Å². The highest BCUT2D eigenvalue weighted by Gasteiger charge is 2.26. The van der Waals surface area contributed by atoms with Gasteiger partial charge in [-0.25, -0.2) is 0 Å². The summed E-state index contributed by atoms with van der Waals surface area (Å²) < 4.78 is 5.27. The molecule has 1 aliphatic rings. The smallest absolute Gasteiger partial charge is 0.237 e. The highest BCUT2D eigenvalue weighted by Crippen LogP contribution is 2.17. The van der Waals surface area contributed by atoms with Crippen molar-refractivity contribution in [3.63, 3.8) is 0 Å². The summed E-state index contributed by atoms with van der Waals surface area (Å²) >= 11 is 5.81. The summed E-state index contributed by atoms with van der Waals surface area (Å²) in [6, 6.07) is 6.95. The lowest BCUT2D eigenvalue weighted by atomic mass is 9.92. The number of hydrogen-bond donors (Lipinski definition) is 2. The first kappa shape index (κ1) is 17.2. The Bertz CT molecular complexity index is 420. The maximum absolute atomic E-state index is 12.0. The standard InChI is InChI=1S/C14H19ClN2O2.ClH/c15-12-3-1-10(2-4-12)9-17-14(18)13(16)11-5-7-19-8-6-11;/h1-4,11,13H,5-9,16H2,(H,17,18);1H. The first-order valence-electron chi connectivity index (χ1n) is 6.52. The van der Waals surface area contributed by atoms with E-state index < -0.39 is 6.04 Å². The molecule has 6 heteroatoms. The Morgan fingerprint density at radius 1 is 1.35 bits per heavy atom. The van der Waals surface area contributed by atoms with Crippen LogP contribution >= 0.6 is 24.0 Å². The molecule has 0 bridgehead atoms.